The Kier molecular flexibility index (Phi) is 7.33. The van der Waals surface area contributed by atoms with Crippen molar-refractivity contribution in [2.24, 2.45) is 5.73 Å². The number of nitrogens with one attached hydrogen (secondary N) is 1. The standard InChI is InChI=1S/C27H27F2N3O2/c28-22-10-5-6-18(12-22)16-31-27(34)25-14-19-7-1-2-9-21(19)17-32(25)26(33)15-23(30)13-20-8-3-4-11-24(20)29/h1-12,23,25H,13-17,30H2,(H,31,34)/t23-,25+/m1/s1. The summed E-state index contributed by atoms with van der Waals surface area (Å²) in [6.45, 7) is 0.447. The fraction of sp³-hybridized carbons (Fsp3) is 0.259. The Morgan fingerprint density at radius 1 is 1.00 bits per heavy atom. The molecule has 3 N–H and O–H groups in total. The number of hydrogen-bond acceptors (Lipinski definition) is 3. The molecular formula is C27H27F2N3O2. The first kappa shape index (κ1) is 23.6. The molecule has 7 heteroatoms. The molecular weight excluding hydrogens is 436 g/mol. The van der Waals surface area contributed by atoms with E-state index in [1.165, 1.54) is 18.2 Å². The summed E-state index contributed by atoms with van der Waals surface area (Å²) in [5, 5.41) is 2.83. The number of rotatable bonds is 7. The van der Waals surface area contributed by atoms with Crippen molar-refractivity contribution in [2.75, 3.05) is 0 Å². The highest BCUT2D eigenvalue weighted by molar-refractivity contribution is 5.88. The topological polar surface area (TPSA) is 75.4 Å². The molecule has 0 spiro atoms. The number of nitrogens with zero attached hydrogens (tertiary/aromatic N) is 1. The van der Waals surface area contributed by atoms with Gasteiger partial charge in [0.15, 0.2) is 0 Å². The predicted octanol–water partition coefficient (Wildman–Crippen LogP) is 3.49. The van der Waals surface area contributed by atoms with Gasteiger partial charge in [0.2, 0.25) is 11.8 Å². The zero-order valence-corrected chi connectivity index (χ0v) is 18.7. The molecule has 0 unspecified atom stereocenters. The van der Waals surface area contributed by atoms with E-state index >= 15 is 0 Å². The van der Waals surface area contributed by atoms with Gasteiger partial charge in [-0.05, 0) is 46.9 Å². The molecule has 1 aliphatic heterocycles. The summed E-state index contributed by atoms with van der Waals surface area (Å²) in [4.78, 5) is 27.9. The van der Waals surface area contributed by atoms with E-state index in [0.29, 0.717) is 24.1 Å². The third-order valence-corrected chi connectivity index (χ3v) is 6.10. The molecule has 0 bridgehead atoms. The van der Waals surface area contributed by atoms with Crippen LogP contribution < -0.4 is 11.1 Å². The summed E-state index contributed by atoms with van der Waals surface area (Å²) in [7, 11) is 0. The summed E-state index contributed by atoms with van der Waals surface area (Å²) in [6.07, 6.45) is 0.586. The predicted molar refractivity (Wildman–Crippen MR) is 125 cm³/mol. The Bertz CT molecular complexity index is 1180. The van der Waals surface area contributed by atoms with E-state index in [1.807, 2.05) is 24.3 Å². The van der Waals surface area contributed by atoms with Crippen LogP contribution in [0.3, 0.4) is 0 Å². The number of carbonyl (C=O) groups excluding carboxylic acids is 2. The van der Waals surface area contributed by atoms with Gasteiger partial charge in [-0.2, -0.15) is 0 Å². The van der Waals surface area contributed by atoms with E-state index in [0.717, 1.165) is 11.1 Å². The van der Waals surface area contributed by atoms with Crippen molar-refractivity contribution in [3.8, 4) is 0 Å². The molecule has 176 valence electrons. The van der Waals surface area contributed by atoms with Gasteiger partial charge < -0.3 is 16.0 Å². The first-order chi connectivity index (χ1) is 16.4. The van der Waals surface area contributed by atoms with Crippen LogP contribution in [-0.4, -0.2) is 28.8 Å². The minimum absolute atomic E-state index is 0.00974. The van der Waals surface area contributed by atoms with Crippen LogP contribution in [0.25, 0.3) is 0 Å². The maximum atomic E-state index is 14.0. The van der Waals surface area contributed by atoms with E-state index in [-0.39, 0.29) is 42.8 Å². The summed E-state index contributed by atoms with van der Waals surface area (Å²) < 4.78 is 27.5. The lowest BCUT2D eigenvalue weighted by atomic mass is 9.92. The van der Waals surface area contributed by atoms with Crippen LogP contribution in [-0.2, 0) is 35.5 Å². The quantitative estimate of drug-likeness (QED) is 0.563. The monoisotopic (exact) mass is 463 g/mol. The van der Waals surface area contributed by atoms with Gasteiger partial charge in [-0.1, -0.05) is 54.6 Å². The molecule has 2 atom stereocenters. The minimum Gasteiger partial charge on any atom is -0.350 e. The largest absolute Gasteiger partial charge is 0.350 e. The molecule has 5 nitrogen and oxygen atoms in total. The lowest BCUT2D eigenvalue weighted by Crippen LogP contribution is -2.53. The van der Waals surface area contributed by atoms with Crippen LogP contribution in [0.5, 0.6) is 0 Å². The molecule has 0 saturated carbocycles. The Hall–Kier alpha value is -3.58. The molecule has 0 aromatic heterocycles. The van der Waals surface area contributed by atoms with Gasteiger partial charge in [0.25, 0.3) is 0 Å². The summed E-state index contributed by atoms with van der Waals surface area (Å²) in [5.74, 6) is -1.30. The first-order valence-corrected chi connectivity index (χ1v) is 11.3. The number of benzene rings is 3. The molecule has 2 amide bonds. The van der Waals surface area contributed by atoms with Gasteiger partial charge in [0.05, 0.1) is 0 Å². The average molecular weight is 464 g/mol. The van der Waals surface area contributed by atoms with E-state index in [2.05, 4.69) is 5.32 Å². The average Bonchev–Trinajstić information content (AvgIpc) is 2.83. The highest BCUT2D eigenvalue weighted by Crippen LogP contribution is 2.25. The molecule has 0 aliphatic carbocycles. The SMILES string of the molecule is N[C@@H](CC(=O)N1Cc2ccccc2C[C@H]1C(=O)NCc1cccc(F)c1)Cc1ccccc1F. The van der Waals surface area contributed by atoms with Crippen LogP contribution in [0.4, 0.5) is 8.78 Å². The molecule has 1 aliphatic rings. The van der Waals surface area contributed by atoms with Gasteiger partial charge in [-0.15, -0.1) is 0 Å². The van der Waals surface area contributed by atoms with Crippen LogP contribution in [0.1, 0.15) is 28.7 Å². The van der Waals surface area contributed by atoms with Crippen molar-refractivity contribution in [1.82, 2.24) is 10.2 Å². The second kappa shape index (κ2) is 10.6. The van der Waals surface area contributed by atoms with Crippen molar-refractivity contribution < 1.29 is 18.4 Å². The fourth-order valence-corrected chi connectivity index (χ4v) is 4.33. The highest BCUT2D eigenvalue weighted by Gasteiger charge is 2.34. The number of nitrogens with two attached hydrogens (primary N) is 1. The summed E-state index contributed by atoms with van der Waals surface area (Å²) in [5.41, 5.74) is 9.27. The van der Waals surface area contributed by atoms with Crippen molar-refractivity contribution in [2.45, 2.75) is 44.4 Å². The molecule has 0 radical (unpaired) electrons. The van der Waals surface area contributed by atoms with Gasteiger partial charge in [0.1, 0.15) is 17.7 Å². The van der Waals surface area contributed by atoms with Crippen molar-refractivity contribution in [3.05, 3.63) is 107 Å². The number of hydrogen-bond donors (Lipinski definition) is 2. The van der Waals surface area contributed by atoms with E-state index < -0.39 is 12.1 Å². The molecule has 34 heavy (non-hydrogen) atoms. The first-order valence-electron chi connectivity index (χ1n) is 11.3. The molecule has 0 saturated heterocycles. The number of fused-ring (bicyclic) bond motifs is 1. The fourth-order valence-electron chi connectivity index (χ4n) is 4.33. The molecule has 1 heterocycles. The Balaban J connectivity index is 1.47. The van der Waals surface area contributed by atoms with E-state index in [4.69, 9.17) is 5.73 Å². The van der Waals surface area contributed by atoms with Crippen LogP contribution in [0.2, 0.25) is 0 Å². The Morgan fingerprint density at radius 2 is 1.74 bits per heavy atom. The maximum Gasteiger partial charge on any atom is 0.243 e. The maximum absolute atomic E-state index is 14.0. The third-order valence-electron chi connectivity index (χ3n) is 6.10. The number of amides is 2. The zero-order valence-electron chi connectivity index (χ0n) is 18.7. The van der Waals surface area contributed by atoms with Crippen LogP contribution >= 0.6 is 0 Å². The van der Waals surface area contributed by atoms with Gasteiger partial charge >= 0.3 is 0 Å². The van der Waals surface area contributed by atoms with E-state index in [9.17, 15) is 18.4 Å². The lowest BCUT2D eigenvalue weighted by molar-refractivity contribution is -0.142. The number of carbonyl (C=O) groups is 2. The minimum atomic E-state index is -0.711. The highest BCUT2D eigenvalue weighted by atomic mass is 19.1. The van der Waals surface area contributed by atoms with E-state index in [1.54, 1.807) is 35.2 Å². The van der Waals surface area contributed by atoms with Crippen LogP contribution in [0, 0.1) is 11.6 Å². The lowest BCUT2D eigenvalue weighted by Gasteiger charge is -2.36. The Labute approximate surface area is 197 Å². The second-order valence-electron chi connectivity index (χ2n) is 8.62. The second-order valence-corrected chi connectivity index (χ2v) is 8.62. The normalized spacial score (nSPS) is 16.0. The van der Waals surface area contributed by atoms with Crippen molar-refractivity contribution in [1.29, 1.82) is 0 Å². The van der Waals surface area contributed by atoms with Gasteiger partial charge in [0, 0.05) is 32.0 Å². The molecule has 4 rings (SSSR count). The number of halogens is 2. The van der Waals surface area contributed by atoms with Crippen LogP contribution in [0.15, 0.2) is 72.8 Å². The summed E-state index contributed by atoms with van der Waals surface area (Å²) >= 11 is 0. The van der Waals surface area contributed by atoms with Gasteiger partial charge in [-0.3, -0.25) is 9.59 Å². The molecule has 3 aromatic carbocycles. The molecule has 3 aromatic rings. The zero-order chi connectivity index (χ0) is 24.1. The van der Waals surface area contributed by atoms with Gasteiger partial charge in [-0.25, -0.2) is 8.78 Å². The van der Waals surface area contributed by atoms with Crippen molar-refractivity contribution >= 4 is 11.8 Å². The van der Waals surface area contributed by atoms with Crippen molar-refractivity contribution in [3.63, 3.8) is 0 Å². The smallest absolute Gasteiger partial charge is 0.243 e. The Morgan fingerprint density at radius 3 is 2.50 bits per heavy atom. The molecule has 0 fully saturated rings. The third kappa shape index (κ3) is 5.66. The summed E-state index contributed by atoms with van der Waals surface area (Å²) in [6, 6.07) is 18.8.